The van der Waals surface area contributed by atoms with Crippen LogP contribution in [0.15, 0.2) is 24.3 Å². The summed E-state index contributed by atoms with van der Waals surface area (Å²) >= 11 is 0. The average Bonchev–Trinajstić information content (AvgIpc) is 2.72. The molecule has 2 rings (SSSR count). The number of nitrogens with zero attached hydrogens (tertiary/aromatic N) is 4. The summed E-state index contributed by atoms with van der Waals surface area (Å²) in [5, 5.41) is 19.0. The van der Waals surface area contributed by atoms with Gasteiger partial charge >= 0.3 is 11.9 Å². The van der Waals surface area contributed by atoms with E-state index < -0.39 is 11.9 Å². The lowest BCUT2D eigenvalue weighted by molar-refractivity contribution is -0.141. The molecule has 1 aromatic carbocycles. The van der Waals surface area contributed by atoms with Crippen molar-refractivity contribution >= 4 is 11.9 Å². The van der Waals surface area contributed by atoms with Crippen molar-refractivity contribution in [2.75, 3.05) is 73.0 Å². The van der Waals surface area contributed by atoms with Gasteiger partial charge in [0.25, 0.3) is 0 Å². The van der Waals surface area contributed by atoms with Gasteiger partial charge < -0.3 is 20.0 Å². The van der Waals surface area contributed by atoms with Crippen molar-refractivity contribution in [1.29, 1.82) is 0 Å². The van der Waals surface area contributed by atoms with Gasteiger partial charge in [0.15, 0.2) is 0 Å². The first kappa shape index (κ1) is 26.3. The number of hydrogen-bond donors (Lipinski definition) is 2. The monoisotopic (exact) mass is 448 g/mol. The maximum absolute atomic E-state index is 11.7. The standard InChI is InChI=1S/C24H40N4O4/c1-19(2)21-7-5-20(6-8-21)15-22-16-27(17-23(29)30)13-11-25(3)9-10-26(4)12-14-28(22)18-24(31)32/h5-8,19,22H,9-18H2,1-4H3,(H,29,30)(H,31,32). The van der Waals surface area contributed by atoms with Crippen LogP contribution < -0.4 is 0 Å². The van der Waals surface area contributed by atoms with Gasteiger partial charge in [-0.2, -0.15) is 0 Å². The average molecular weight is 449 g/mol. The zero-order valence-corrected chi connectivity index (χ0v) is 20.0. The Morgan fingerprint density at radius 1 is 0.875 bits per heavy atom. The zero-order chi connectivity index (χ0) is 23.7. The highest BCUT2D eigenvalue weighted by Gasteiger charge is 2.26. The fraction of sp³-hybridized carbons (Fsp3) is 0.667. The van der Waals surface area contributed by atoms with E-state index in [-0.39, 0.29) is 19.1 Å². The molecule has 1 aliphatic rings. The van der Waals surface area contributed by atoms with Gasteiger partial charge in [0, 0.05) is 51.9 Å². The first-order valence-electron chi connectivity index (χ1n) is 11.5. The Morgan fingerprint density at radius 3 is 1.94 bits per heavy atom. The van der Waals surface area contributed by atoms with Crippen LogP contribution in [0, 0.1) is 0 Å². The summed E-state index contributed by atoms with van der Waals surface area (Å²) in [4.78, 5) is 31.6. The number of carboxylic acid groups (broad SMARTS) is 2. The van der Waals surface area contributed by atoms with Crippen molar-refractivity contribution in [2.45, 2.75) is 32.2 Å². The van der Waals surface area contributed by atoms with Gasteiger partial charge in [-0.1, -0.05) is 38.1 Å². The molecule has 1 heterocycles. The summed E-state index contributed by atoms with van der Waals surface area (Å²) in [6, 6.07) is 8.41. The van der Waals surface area contributed by atoms with Crippen LogP contribution in [0.3, 0.4) is 0 Å². The molecule has 1 aliphatic heterocycles. The molecule has 0 aromatic heterocycles. The summed E-state index contributed by atoms with van der Waals surface area (Å²) in [6.07, 6.45) is 0.682. The minimum Gasteiger partial charge on any atom is -0.480 e. The van der Waals surface area contributed by atoms with Crippen LogP contribution in [-0.4, -0.2) is 121 Å². The highest BCUT2D eigenvalue weighted by Crippen LogP contribution is 2.17. The van der Waals surface area contributed by atoms with Crippen molar-refractivity contribution in [2.24, 2.45) is 0 Å². The second-order valence-corrected chi connectivity index (χ2v) is 9.35. The molecule has 180 valence electrons. The summed E-state index contributed by atoms with van der Waals surface area (Å²) in [6.45, 7) is 9.32. The van der Waals surface area contributed by atoms with Crippen molar-refractivity contribution in [1.82, 2.24) is 19.6 Å². The number of carboxylic acids is 2. The van der Waals surface area contributed by atoms with E-state index in [0.29, 0.717) is 32.0 Å². The second-order valence-electron chi connectivity index (χ2n) is 9.35. The largest absolute Gasteiger partial charge is 0.480 e. The van der Waals surface area contributed by atoms with Crippen molar-refractivity contribution in [3.63, 3.8) is 0 Å². The van der Waals surface area contributed by atoms with E-state index in [1.54, 1.807) is 0 Å². The maximum Gasteiger partial charge on any atom is 0.317 e. The summed E-state index contributed by atoms with van der Waals surface area (Å²) in [5.74, 6) is -1.26. The lowest BCUT2D eigenvalue weighted by Crippen LogP contribution is -2.52. The van der Waals surface area contributed by atoms with Gasteiger partial charge in [-0.05, 0) is 37.6 Å². The van der Waals surface area contributed by atoms with Gasteiger partial charge in [0.05, 0.1) is 13.1 Å². The molecule has 1 fully saturated rings. The Balaban J connectivity index is 2.30. The Kier molecular flexibility index (Phi) is 10.6. The first-order valence-corrected chi connectivity index (χ1v) is 11.5. The molecule has 0 aliphatic carbocycles. The lowest BCUT2D eigenvalue weighted by Gasteiger charge is -2.37. The Morgan fingerprint density at radius 2 is 1.41 bits per heavy atom. The Bertz CT molecular complexity index is 725. The van der Waals surface area contributed by atoms with Crippen molar-refractivity contribution < 1.29 is 19.8 Å². The van der Waals surface area contributed by atoms with E-state index in [2.05, 4.69) is 62.0 Å². The number of hydrogen-bond acceptors (Lipinski definition) is 6. The first-order chi connectivity index (χ1) is 15.1. The number of rotatable bonds is 7. The molecule has 2 N–H and O–H groups in total. The van der Waals surface area contributed by atoms with Crippen LogP contribution in [0.5, 0.6) is 0 Å². The molecule has 1 unspecified atom stereocenters. The molecule has 1 atom stereocenters. The highest BCUT2D eigenvalue weighted by atomic mass is 16.4. The fourth-order valence-corrected chi connectivity index (χ4v) is 4.08. The van der Waals surface area contributed by atoms with E-state index in [9.17, 15) is 19.8 Å². The lowest BCUT2D eigenvalue weighted by atomic mass is 9.98. The molecule has 1 saturated heterocycles. The van der Waals surface area contributed by atoms with Gasteiger partial charge in [-0.25, -0.2) is 0 Å². The van der Waals surface area contributed by atoms with E-state index in [0.717, 1.165) is 31.7 Å². The normalized spacial score (nSPS) is 21.2. The summed E-state index contributed by atoms with van der Waals surface area (Å²) < 4.78 is 0. The molecule has 32 heavy (non-hydrogen) atoms. The predicted molar refractivity (Wildman–Crippen MR) is 126 cm³/mol. The van der Waals surface area contributed by atoms with Crippen LogP contribution >= 0.6 is 0 Å². The summed E-state index contributed by atoms with van der Waals surface area (Å²) in [7, 11) is 4.12. The van der Waals surface area contributed by atoms with Crippen LogP contribution in [0.4, 0.5) is 0 Å². The third-order valence-electron chi connectivity index (χ3n) is 6.23. The molecule has 0 radical (unpaired) electrons. The maximum atomic E-state index is 11.7. The highest BCUT2D eigenvalue weighted by molar-refractivity contribution is 5.69. The Labute approximate surface area is 192 Å². The van der Waals surface area contributed by atoms with Crippen LogP contribution in [0.25, 0.3) is 0 Å². The number of likely N-dealkylation sites (N-methyl/N-ethyl adjacent to an activating group) is 2. The quantitative estimate of drug-likeness (QED) is 0.647. The second kappa shape index (κ2) is 12.9. The van der Waals surface area contributed by atoms with E-state index >= 15 is 0 Å². The fourth-order valence-electron chi connectivity index (χ4n) is 4.08. The van der Waals surface area contributed by atoms with Crippen LogP contribution in [0.1, 0.15) is 30.9 Å². The SMILES string of the molecule is CC(C)c1ccc(CC2CN(CC(=O)O)CCN(C)CCN(C)CCN2CC(=O)O)cc1. The number of carbonyl (C=O) groups is 2. The van der Waals surface area contributed by atoms with Crippen LogP contribution in [0.2, 0.25) is 0 Å². The minimum atomic E-state index is -0.857. The Hall–Kier alpha value is -2.00. The van der Waals surface area contributed by atoms with E-state index in [4.69, 9.17) is 0 Å². The molecule has 8 nitrogen and oxygen atoms in total. The molecule has 0 bridgehead atoms. The van der Waals surface area contributed by atoms with Gasteiger partial charge in [0.1, 0.15) is 0 Å². The third-order valence-corrected chi connectivity index (χ3v) is 6.23. The van der Waals surface area contributed by atoms with E-state index in [1.807, 2.05) is 9.80 Å². The molecule has 8 heteroatoms. The molecular formula is C24H40N4O4. The number of aliphatic carboxylic acids is 2. The van der Waals surface area contributed by atoms with Crippen molar-refractivity contribution in [3.05, 3.63) is 35.4 Å². The smallest absolute Gasteiger partial charge is 0.317 e. The van der Waals surface area contributed by atoms with Crippen molar-refractivity contribution in [3.8, 4) is 0 Å². The molecular weight excluding hydrogens is 408 g/mol. The van der Waals surface area contributed by atoms with Crippen LogP contribution in [-0.2, 0) is 16.0 Å². The number of benzene rings is 1. The van der Waals surface area contributed by atoms with E-state index in [1.165, 1.54) is 5.56 Å². The third kappa shape index (κ3) is 9.24. The van der Waals surface area contributed by atoms with Gasteiger partial charge in [-0.3, -0.25) is 19.4 Å². The topological polar surface area (TPSA) is 87.6 Å². The molecule has 0 amide bonds. The summed E-state index contributed by atoms with van der Waals surface area (Å²) in [5.41, 5.74) is 2.41. The molecule has 1 aromatic rings. The predicted octanol–water partition coefficient (Wildman–Crippen LogP) is 1.37. The minimum absolute atomic E-state index is 0.0442. The zero-order valence-electron chi connectivity index (χ0n) is 20.0. The molecule has 0 spiro atoms. The van der Waals surface area contributed by atoms with Gasteiger partial charge in [-0.15, -0.1) is 0 Å². The molecule has 0 saturated carbocycles. The van der Waals surface area contributed by atoms with Gasteiger partial charge in [0.2, 0.25) is 0 Å².